The normalized spacial score (nSPS) is 19.6. The van der Waals surface area contributed by atoms with E-state index < -0.39 is 0 Å². The van der Waals surface area contributed by atoms with Crippen LogP contribution in [0.3, 0.4) is 0 Å². The summed E-state index contributed by atoms with van der Waals surface area (Å²) in [7, 11) is 0. The van der Waals surface area contributed by atoms with Crippen LogP contribution in [0.25, 0.3) is 0 Å². The van der Waals surface area contributed by atoms with Crippen molar-refractivity contribution in [2.24, 2.45) is 23.0 Å². The lowest BCUT2D eigenvalue weighted by atomic mass is 9.92. The summed E-state index contributed by atoms with van der Waals surface area (Å²) in [5, 5.41) is 3.66. The summed E-state index contributed by atoms with van der Waals surface area (Å²) >= 11 is 0. The number of nitrogens with one attached hydrogen (secondary N) is 1. The second kappa shape index (κ2) is 7.38. The van der Waals surface area contributed by atoms with Crippen LogP contribution in [0.15, 0.2) is 0 Å². The smallest absolute Gasteiger partial charge is 0.00103 e. The van der Waals surface area contributed by atoms with Gasteiger partial charge in [-0.2, -0.15) is 0 Å². The fourth-order valence-electron chi connectivity index (χ4n) is 2.76. The van der Waals surface area contributed by atoms with E-state index in [-0.39, 0.29) is 0 Å². The van der Waals surface area contributed by atoms with Crippen LogP contribution in [-0.2, 0) is 0 Å². The minimum absolute atomic E-state index is 0.654. The molecule has 0 saturated heterocycles. The molecule has 0 spiro atoms. The highest BCUT2D eigenvalue weighted by Gasteiger charge is 2.44. The Morgan fingerprint density at radius 3 is 2.41 bits per heavy atom. The molecule has 0 bridgehead atoms. The Hall–Kier alpha value is -0.0800. The Morgan fingerprint density at radius 1 is 1.24 bits per heavy atom. The van der Waals surface area contributed by atoms with E-state index in [1.807, 2.05) is 0 Å². The molecule has 1 rings (SSSR count). The van der Waals surface area contributed by atoms with Crippen LogP contribution in [0, 0.1) is 17.3 Å². The molecular formula is C15H32N2. The van der Waals surface area contributed by atoms with Crippen LogP contribution < -0.4 is 11.1 Å². The van der Waals surface area contributed by atoms with Gasteiger partial charge in [0.2, 0.25) is 0 Å². The van der Waals surface area contributed by atoms with Crippen molar-refractivity contribution in [2.75, 3.05) is 19.6 Å². The summed E-state index contributed by atoms with van der Waals surface area (Å²) in [6.07, 6.45) is 8.01. The first-order valence-electron chi connectivity index (χ1n) is 7.55. The van der Waals surface area contributed by atoms with Crippen LogP contribution >= 0.6 is 0 Å². The lowest BCUT2D eigenvalue weighted by Crippen LogP contribution is -2.28. The summed E-state index contributed by atoms with van der Waals surface area (Å²) < 4.78 is 0. The molecule has 17 heavy (non-hydrogen) atoms. The molecule has 1 aliphatic carbocycles. The van der Waals surface area contributed by atoms with Gasteiger partial charge in [-0.05, 0) is 62.4 Å². The first-order valence-corrected chi connectivity index (χ1v) is 7.55. The largest absolute Gasteiger partial charge is 0.330 e. The third-order valence-electron chi connectivity index (χ3n) is 4.71. The second-order valence-corrected chi connectivity index (χ2v) is 6.19. The molecule has 0 aliphatic heterocycles. The van der Waals surface area contributed by atoms with Gasteiger partial charge in [-0.25, -0.2) is 0 Å². The predicted molar refractivity (Wildman–Crippen MR) is 76.1 cm³/mol. The summed E-state index contributed by atoms with van der Waals surface area (Å²) in [5.74, 6) is 1.69. The lowest BCUT2D eigenvalue weighted by Gasteiger charge is -2.20. The van der Waals surface area contributed by atoms with Gasteiger partial charge >= 0.3 is 0 Å². The van der Waals surface area contributed by atoms with Crippen LogP contribution in [0.1, 0.15) is 59.3 Å². The Kier molecular flexibility index (Phi) is 6.50. The summed E-state index contributed by atoms with van der Waals surface area (Å²) in [4.78, 5) is 0. The van der Waals surface area contributed by atoms with Gasteiger partial charge in [0.25, 0.3) is 0 Å². The number of hydrogen-bond donors (Lipinski definition) is 2. The molecular weight excluding hydrogens is 208 g/mol. The van der Waals surface area contributed by atoms with Gasteiger partial charge in [0.15, 0.2) is 0 Å². The Bertz CT molecular complexity index is 197. The maximum absolute atomic E-state index is 5.62. The van der Waals surface area contributed by atoms with Gasteiger partial charge in [0.1, 0.15) is 0 Å². The van der Waals surface area contributed by atoms with E-state index in [2.05, 4.69) is 26.1 Å². The monoisotopic (exact) mass is 240 g/mol. The van der Waals surface area contributed by atoms with Crippen molar-refractivity contribution < 1.29 is 0 Å². The van der Waals surface area contributed by atoms with Crippen molar-refractivity contribution in [3.05, 3.63) is 0 Å². The number of hydrogen-bond acceptors (Lipinski definition) is 2. The standard InChI is InChI=1S/C15H32N2/c1-4-14(7-10-16)6-5-11-17-12-15(8-9-15)13(2)3/h13-14,17H,4-12,16H2,1-3H3. The zero-order valence-corrected chi connectivity index (χ0v) is 12.1. The first-order chi connectivity index (χ1) is 8.14. The van der Waals surface area contributed by atoms with Gasteiger partial charge in [0, 0.05) is 6.54 Å². The Balaban J connectivity index is 2.01. The van der Waals surface area contributed by atoms with Crippen LogP contribution in [0.4, 0.5) is 0 Å². The fraction of sp³-hybridized carbons (Fsp3) is 1.00. The zero-order chi connectivity index (χ0) is 12.7. The zero-order valence-electron chi connectivity index (χ0n) is 12.1. The van der Waals surface area contributed by atoms with Crippen molar-refractivity contribution in [3.8, 4) is 0 Å². The van der Waals surface area contributed by atoms with E-state index in [0.717, 1.165) is 18.4 Å². The Labute approximate surface area is 108 Å². The topological polar surface area (TPSA) is 38.0 Å². The fourth-order valence-corrected chi connectivity index (χ4v) is 2.76. The highest BCUT2D eigenvalue weighted by Crippen LogP contribution is 2.51. The predicted octanol–water partition coefficient (Wildman–Crippen LogP) is 3.17. The maximum atomic E-state index is 5.62. The van der Waals surface area contributed by atoms with Gasteiger partial charge in [-0.1, -0.05) is 27.2 Å². The minimum Gasteiger partial charge on any atom is -0.330 e. The molecule has 102 valence electrons. The highest BCUT2D eigenvalue weighted by molar-refractivity contribution is 4.96. The molecule has 2 heteroatoms. The molecule has 1 aliphatic rings. The third kappa shape index (κ3) is 4.97. The number of rotatable bonds is 10. The van der Waals surface area contributed by atoms with Crippen LogP contribution in [-0.4, -0.2) is 19.6 Å². The van der Waals surface area contributed by atoms with E-state index in [1.54, 1.807) is 0 Å². The van der Waals surface area contributed by atoms with Gasteiger partial charge in [-0.15, -0.1) is 0 Å². The molecule has 0 aromatic heterocycles. The SMILES string of the molecule is CCC(CCN)CCCNCC1(C(C)C)CC1. The van der Waals surface area contributed by atoms with E-state index in [0.29, 0.717) is 5.41 Å². The quantitative estimate of drug-likeness (QED) is 0.576. The van der Waals surface area contributed by atoms with Crippen molar-refractivity contribution in [1.29, 1.82) is 0 Å². The van der Waals surface area contributed by atoms with E-state index >= 15 is 0 Å². The van der Waals surface area contributed by atoms with Crippen molar-refractivity contribution in [1.82, 2.24) is 5.32 Å². The van der Waals surface area contributed by atoms with Gasteiger partial charge in [-0.3, -0.25) is 0 Å². The highest BCUT2D eigenvalue weighted by atomic mass is 14.9. The molecule has 3 N–H and O–H groups in total. The minimum atomic E-state index is 0.654. The number of nitrogens with two attached hydrogens (primary N) is 1. The molecule has 1 unspecified atom stereocenters. The summed E-state index contributed by atoms with van der Waals surface area (Å²) in [6, 6.07) is 0. The lowest BCUT2D eigenvalue weighted by molar-refractivity contribution is 0.333. The van der Waals surface area contributed by atoms with Gasteiger partial charge in [0.05, 0.1) is 0 Å². The average molecular weight is 240 g/mol. The van der Waals surface area contributed by atoms with Crippen molar-refractivity contribution in [2.45, 2.75) is 59.3 Å². The van der Waals surface area contributed by atoms with E-state index in [4.69, 9.17) is 5.73 Å². The summed E-state index contributed by atoms with van der Waals surface area (Å²) in [5.41, 5.74) is 6.27. The van der Waals surface area contributed by atoms with Crippen LogP contribution in [0.2, 0.25) is 0 Å². The van der Waals surface area contributed by atoms with E-state index in [1.165, 1.54) is 51.6 Å². The first kappa shape index (κ1) is 15.0. The molecule has 2 nitrogen and oxygen atoms in total. The molecule has 1 fully saturated rings. The van der Waals surface area contributed by atoms with Crippen LogP contribution in [0.5, 0.6) is 0 Å². The molecule has 0 amide bonds. The van der Waals surface area contributed by atoms with Crippen molar-refractivity contribution >= 4 is 0 Å². The molecule has 0 radical (unpaired) electrons. The van der Waals surface area contributed by atoms with E-state index in [9.17, 15) is 0 Å². The second-order valence-electron chi connectivity index (χ2n) is 6.19. The summed E-state index contributed by atoms with van der Waals surface area (Å²) in [6.45, 7) is 10.3. The maximum Gasteiger partial charge on any atom is 0.00103 e. The third-order valence-corrected chi connectivity index (χ3v) is 4.71. The molecule has 1 saturated carbocycles. The van der Waals surface area contributed by atoms with Crippen molar-refractivity contribution in [3.63, 3.8) is 0 Å². The molecule has 0 aromatic rings. The van der Waals surface area contributed by atoms with Gasteiger partial charge < -0.3 is 11.1 Å². The average Bonchev–Trinajstić information content (AvgIpc) is 3.08. The molecule has 1 atom stereocenters. The Morgan fingerprint density at radius 2 is 1.94 bits per heavy atom. The molecule has 0 aromatic carbocycles. The molecule has 0 heterocycles.